The molecule has 0 amide bonds. The smallest absolute Gasteiger partial charge is 0.274 e. The number of halogens is 2. The Morgan fingerprint density at radius 3 is 2.92 bits per heavy atom. The van der Waals surface area contributed by atoms with E-state index >= 15 is 0 Å². The molecule has 0 aliphatic rings. The van der Waals surface area contributed by atoms with Crippen molar-refractivity contribution in [2.24, 2.45) is 0 Å². The van der Waals surface area contributed by atoms with Crippen LogP contribution in [0, 0.1) is 0 Å². The molecule has 0 atom stereocenters. The molecule has 0 saturated carbocycles. The Morgan fingerprint density at radius 2 is 2.50 bits per heavy atom. The van der Waals surface area contributed by atoms with E-state index in [-0.39, 0.29) is 0 Å². The maximum atomic E-state index is 5.83. The number of aromatic nitrogens is 1. The lowest BCUT2D eigenvalue weighted by atomic mass is 10.3. The van der Waals surface area contributed by atoms with Crippen LogP contribution >= 0.6 is 38.9 Å². The van der Waals surface area contributed by atoms with Gasteiger partial charge in [0.1, 0.15) is 0 Å². The SMILES string of the molecule is C=C(CBr)c1sc(OC)nc1Cl. The lowest BCUT2D eigenvalue weighted by Crippen LogP contribution is -1.78. The molecule has 1 heterocycles. The van der Waals surface area contributed by atoms with Crippen LogP contribution in [0.4, 0.5) is 0 Å². The highest BCUT2D eigenvalue weighted by atomic mass is 79.9. The monoisotopic (exact) mass is 267 g/mol. The number of alkyl halides is 1. The molecule has 12 heavy (non-hydrogen) atoms. The van der Waals surface area contributed by atoms with E-state index in [4.69, 9.17) is 16.3 Å². The summed E-state index contributed by atoms with van der Waals surface area (Å²) < 4.78 is 4.94. The van der Waals surface area contributed by atoms with Crippen molar-refractivity contribution in [3.05, 3.63) is 16.6 Å². The average Bonchev–Trinajstić information content (AvgIpc) is 2.45. The molecule has 1 aromatic rings. The minimum atomic E-state index is 0.460. The topological polar surface area (TPSA) is 22.1 Å². The Labute approximate surface area is 88.3 Å². The largest absolute Gasteiger partial charge is 0.473 e. The van der Waals surface area contributed by atoms with Crippen LogP contribution in [0.2, 0.25) is 5.15 Å². The standard InChI is InChI=1S/C7H7BrClNOS/c1-4(3-8)5-6(9)10-7(11-2)12-5/h1,3H2,2H3. The predicted molar refractivity (Wildman–Crippen MR) is 56.5 cm³/mol. The van der Waals surface area contributed by atoms with Gasteiger partial charge in [0, 0.05) is 5.33 Å². The van der Waals surface area contributed by atoms with E-state index in [0.717, 1.165) is 10.5 Å². The first kappa shape index (κ1) is 10.0. The summed E-state index contributed by atoms with van der Waals surface area (Å²) in [6.45, 7) is 3.84. The lowest BCUT2D eigenvalue weighted by Gasteiger charge is -1.94. The minimum absolute atomic E-state index is 0.460. The van der Waals surface area contributed by atoms with Crippen LogP contribution in [0.25, 0.3) is 5.57 Å². The number of hydrogen-bond acceptors (Lipinski definition) is 3. The maximum Gasteiger partial charge on any atom is 0.274 e. The van der Waals surface area contributed by atoms with Crippen LogP contribution in [-0.2, 0) is 0 Å². The summed E-state index contributed by atoms with van der Waals surface area (Å²) in [5, 5.41) is 1.72. The van der Waals surface area contributed by atoms with Gasteiger partial charge in [-0.05, 0) is 5.57 Å². The number of allylic oxidation sites excluding steroid dienone is 1. The summed E-state index contributed by atoms with van der Waals surface area (Å²) in [7, 11) is 1.57. The molecule has 0 aliphatic carbocycles. The first-order chi connectivity index (χ1) is 5.69. The maximum absolute atomic E-state index is 5.83. The van der Waals surface area contributed by atoms with Crippen molar-refractivity contribution < 1.29 is 4.74 Å². The van der Waals surface area contributed by atoms with Gasteiger partial charge in [-0.1, -0.05) is 45.4 Å². The van der Waals surface area contributed by atoms with Gasteiger partial charge in [-0.3, -0.25) is 0 Å². The fourth-order valence-corrected chi connectivity index (χ4v) is 2.23. The number of methoxy groups -OCH3 is 1. The predicted octanol–water partition coefficient (Wildman–Crippen LogP) is 3.21. The fourth-order valence-electron chi connectivity index (χ4n) is 0.649. The third-order valence-corrected chi connectivity index (χ3v) is 3.40. The van der Waals surface area contributed by atoms with Crippen molar-refractivity contribution in [2.75, 3.05) is 12.4 Å². The molecule has 0 saturated heterocycles. The first-order valence-electron chi connectivity index (χ1n) is 3.13. The van der Waals surface area contributed by atoms with Crippen molar-refractivity contribution >= 4 is 44.4 Å². The zero-order valence-electron chi connectivity index (χ0n) is 6.43. The van der Waals surface area contributed by atoms with Crippen molar-refractivity contribution in [3.63, 3.8) is 0 Å². The Morgan fingerprint density at radius 1 is 1.83 bits per heavy atom. The second-order valence-electron chi connectivity index (χ2n) is 2.04. The van der Waals surface area contributed by atoms with Gasteiger partial charge in [-0.2, -0.15) is 4.98 Å². The Hall–Kier alpha value is -0.0600. The van der Waals surface area contributed by atoms with Gasteiger partial charge in [0.15, 0.2) is 5.15 Å². The van der Waals surface area contributed by atoms with E-state index < -0.39 is 0 Å². The molecule has 0 aromatic carbocycles. The molecule has 1 aromatic heterocycles. The highest BCUT2D eigenvalue weighted by Gasteiger charge is 2.11. The molecule has 0 N–H and O–H groups in total. The quantitative estimate of drug-likeness (QED) is 0.785. The number of rotatable bonds is 3. The van der Waals surface area contributed by atoms with E-state index in [1.54, 1.807) is 7.11 Å². The van der Waals surface area contributed by atoms with Crippen molar-refractivity contribution in [3.8, 4) is 5.19 Å². The summed E-state index contributed by atoms with van der Waals surface area (Å²) in [4.78, 5) is 4.86. The summed E-state index contributed by atoms with van der Waals surface area (Å²) >= 11 is 10.5. The molecule has 5 heteroatoms. The minimum Gasteiger partial charge on any atom is -0.473 e. The van der Waals surface area contributed by atoms with Gasteiger partial charge in [0.2, 0.25) is 0 Å². The molecule has 2 nitrogen and oxygen atoms in total. The molecule has 0 unspecified atom stereocenters. The van der Waals surface area contributed by atoms with Gasteiger partial charge in [-0.25, -0.2) is 0 Å². The molecule has 0 bridgehead atoms. The van der Waals surface area contributed by atoms with Gasteiger partial charge < -0.3 is 4.74 Å². The lowest BCUT2D eigenvalue weighted by molar-refractivity contribution is 0.412. The fraction of sp³-hybridized carbons (Fsp3) is 0.286. The molecule has 0 spiro atoms. The number of hydrogen-bond donors (Lipinski definition) is 0. The highest BCUT2D eigenvalue weighted by molar-refractivity contribution is 9.09. The van der Waals surface area contributed by atoms with Crippen LogP contribution in [0.1, 0.15) is 4.88 Å². The summed E-state index contributed by atoms with van der Waals surface area (Å²) in [5.41, 5.74) is 0.917. The van der Waals surface area contributed by atoms with Crippen LogP contribution in [0.15, 0.2) is 6.58 Å². The molecular weight excluding hydrogens is 262 g/mol. The number of nitrogens with zero attached hydrogens (tertiary/aromatic N) is 1. The van der Waals surface area contributed by atoms with Crippen molar-refractivity contribution in [1.82, 2.24) is 4.98 Å². The Balaban J connectivity index is 2.99. The molecule has 0 radical (unpaired) electrons. The van der Waals surface area contributed by atoms with Gasteiger partial charge in [0.25, 0.3) is 5.19 Å². The molecule has 0 fully saturated rings. The van der Waals surface area contributed by atoms with Gasteiger partial charge in [-0.15, -0.1) is 0 Å². The van der Waals surface area contributed by atoms with Gasteiger partial charge in [0.05, 0.1) is 12.0 Å². The van der Waals surface area contributed by atoms with Crippen molar-refractivity contribution in [1.29, 1.82) is 0 Å². The molecule has 0 aliphatic heterocycles. The highest BCUT2D eigenvalue weighted by Crippen LogP contribution is 2.33. The van der Waals surface area contributed by atoms with E-state index in [9.17, 15) is 0 Å². The molecule has 66 valence electrons. The summed E-state index contributed by atoms with van der Waals surface area (Å²) in [5.74, 6) is 0. The third kappa shape index (κ3) is 2.00. The Bertz CT molecular complexity index is 300. The van der Waals surface area contributed by atoms with E-state index in [0.29, 0.717) is 15.7 Å². The second-order valence-corrected chi connectivity index (χ2v) is 3.92. The Kier molecular flexibility index (Phi) is 3.55. The summed E-state index contributed by atoms with van der Waals surface area (Å²) in [6, 6.07) is 0. The molecular formula is C7H7BrClNOS. The van der Waals surface area contributed by atoms with Crippen LogP contribution in [-0.4, -0.2) is 17.4 Å². The van der Waals surface area contributed by atoms with Gasteiger partial charge >= 0.3 is 0 Å². The summed E-state index contributed by atoms with van der Waals surface area (Å²) in [6.07, 6.45) is 0. The number of thiazole rings is 1. The third-order valence-electron chi connectivity index (χ3n) is 1.22. The first-order valence-corrected chi connectivity index (χ1v) is 5.45. The normalized spacial score (nSPS) is 9.92. The number of ether oxygens (including phenoxy) is 1. The van der Waals surface area contributed by atoms with Crippen LogP contribution in [0.3, 0.4) is 0 Å². The van der Waals surface area contributed by atoms with Crippen LogP contribution < -0.4 is 4.74 Å². The zero-order valence-corrected chi connectivity index (χ0v) is 9.59. The van der Waals surface area contributed by atoms with E-state index in [1.165, 1.54) is 11.3 Å². The average molecular weight is 269 g/mol. The van der Waals surface area contributed by atoms with Crippen LogP contribution in [0.5, 0.6) is 5.19 Å². The molecule has 1 rings (SSSR count). The second kappa shape index (κ2) is 4.25. The van der Waals surface area contributed by atoms with Crippen molar-refractivity contribution in [2.45, 2.75) is 0 Å². The zero-order chi connectivity index (χ0) is 9.14. The van der Waals surface area contributed by atoms with E-state index in [1.807, 2.05) is 0 Å². The van der Waals surface area contributed by atoms with E-state index in [2.05, 4.69) is 27.5 Å².